The van der Waals surface area contributed by atoms with Gasteiger partial charge in [0.05, 0.1) is 12.2 Å². The molecule has 1 aromatic carbocycles. The quantitative estimate of drug-likeness (QED) is 0.219. The smallest absolute Gasteiger partial charge is 0.303 e. The average Bonchev–Trinajstić information content (AvgIpc) is 3.29. The SMILES string of the molecule is CCC(=CCCC(=O)O)c1ccc(CCc2ccc(C(O[Si](C)C)C(C)(C)C)c(C(O[Si](C)C)C(C)(C)C)c2)s1. The average molecular weight is 601 g/mol. The number of aliphatic carboxylic acids is 1. The van der Waals surface area contributed by atoms with E-state index in [-0.39, 0.29) is 29.5 Å². The molecule has 2 radical (unpaired) electrons. The topological polar surface area (TPSA) is 55.8 Å². The monoisotopic (exact) mass is 600 g/mol. The van der Waals surface area contributed by atoms with E-state index < -0.39 is 24.0 Å². The molecule has 0 bridgehead atoms. The summed E-state index contributed by atoms with van der Waals surface area (Å²) in [5, 5.41) is 8.98. The van der Waals surface area contributed by atoms with Crippen molar-refractivity contribution in [1.82, 2.24) is 0 Å². The molecular formula is C33H52O4SSi2. The van der Waals surface area contributed by atoms with Gasteiger partial charge in [0.2, 0.25) is 18.1 Å². The van der Waals surface area contributed by atoms with Gasteiger partial charge in [-0.3, -0.25) is 4.79 Å². The van der Waals surface area contributed by atoms with E-state index in [4.69, 9.17) is 14.0 Å². The molecule has 40 heavy (non-hydrogen) atoms. The Hall–Kier alpha value is -1.52. The van der Waals surface area contributed by atoms with Gasteiger partial charge in [-0.25, -0.2) is 0 Å². The van der Waals surface area contributed by atoms with Gasteiger partial charge in [-0.05, 0) is 97.1 Å². The van der Waals surface area contributed by atoms with E-state index in [1.54, 1.807) is 0 Å². The van der Waals surface area contributed by atoms with Gasteiger partial charge in [0.25, 0.3) is 0 Å². The molecule has 1 heterocycles. The fraction of sp³-hybridized carbons (Fsp3) is 0.606. The number of hydrogen-bond donors (Lipinski definition) is 1. The van der Waals surface area contributed by atoms with Crippen LogP contribution in [0.15, 0.2) is 36.4 Å². The maximum absolute atomic E-state index is 10.9. The molecule has 0 amide bonds. The first-order chi connectivity index (χ1) is 18.5. The zero-order chi connectivity index (χ0) is 30.3. The Balaban J connectivity index is 2.42. The van der Waals surface area contributed by atoms with Crippen LogP contribution in [0, 0.1) is 10.8 Å². The highest BCUT2D eigenvalue weighted by Gasteiger charge is 2.36. The lowest BCUT2D eigenvalue weighted by molar-refractivity contribution is -0.136. The molecule has 2 unspecified atom stereocenters. The number of aryl methyl sites for hydroxylation is 2. The molecular weight excluding hydrogens is 549 g/mol. The van der Waals surface area contributed by atoms with Gasteiger partial charge in [0.15, 0.2) is 0 Å². The Morgan fingerprint density at radius 2 is 1.48 bits per heavy atom. The molecule has 7 heteroatoms. The van der Waals surface area contributed by atoms with Crippen molar-refractivity contribution in [3.63, 3.8) is 0 Å². The predicted octanol–water partition coefficient (Wildman–Crippen LogP) is 9.90. The first-order valence-corrected chi connectivity index (χ1v) is 20.2. The van der Waals surface area contributed by atoms with Crippen LogP contribution in [-0.4, -0.2) is 29.2 Å². The fourth-order valence-electron chi connectivity index (χ4n) is 4.87. The van der Waals surface area contributed by atoms with Crippen LogP contribution in [0.4, 0.5) is 0 Å². The van der Waals surface area contributed by atoms with Gasteiger partial charge < -0.3 is 14.0 Å². The van der Waals surface area contributed by atoms with Gasteiger partial charge in [-0.15, -0.1) is 11.3 Å². The molecule has 1 N–H and O–H groups in total. The number of hydrogen-bond acceptors (Lipinski definition) is 4. The molecule has 0 aliphatic rings. The molecule has 0 aliphatic carbocycles. The second-order valence-corrected chi connectivity index (χ2v) is 18.6. The fourth-order valence-corrected chi connectivity index (χ4v) is 7.89. The highest BCUT2D eigenvalue weighted by Crippen LogP contribution is 2.45. The molecule has 0 saturated heterocycles. The van der Waals surface area contributed by atoms with Crippen LogP contribution >= 0.6 is 11.3 Å². The van der Waals surface area contributed by atoms with E-state index in [0.29, 0.717) is 6.42 Å². The van der Waals surface area contributed by atoms with E-state index in [0.717, 1.165) is 19.3 Å². The van der Waals surface area contributed by atoms with Gasteiger partial charge >= 0.3 is 5.97 Å². The van der Waals surface area contributed by atoms with Gasteiger partial charge in [0, 0.05) is 16.2 Å². The Labute approximate surface area is 251 Å². The summed E-state index contributed by atoms with van der Waals surface area (Å²) in [5.41, 5.74) is 5.04. The molecule has 1 aromatic heterocycles. The minimum absolute atomic E-state index is 0.000524. The lowest BCUT2D eigenvalue weighted by Gasteiger charge is -2.39. The van der Waals surface area contributed by atoms with Crippen molar-refractivity contribution in [2.45, 2.75) is 119 Å². The number of thiophene rings is 1. The maximum atomic E-state index is 10.9. The second-order valence-electron chi connectivity index (χ2n) is 13.3. The van der Waals surface area contributed by atoms with Crippen LogP contribution in [-0.2, 0) is 26.5 Å². The van der Waals surface area contributed by atoms with Crippen molar-refractivity contribution in [3.8, 4) is 0 Å². The van der Waals surface area contributed by atoms with E-state index in [1.165, 1.54) is 32.0 Å². The molecule has 0 aliphatic heterocycles. The Morgan fingerprint density at radius 1 is 0.900 bits per heavy atom. The lowest BCUT2D eigenvalue weighted by atomic mass is 9.77. The van der Waals surface area contributed by atoms with Gasteiger partial charge in [-0.1, -0.05) is 72.7 Å². The molecule has 2 rings (SSSR count). The molecule has 0 fully saturated rings. The van der Waals surface area contributed by atoms with Gasteiger partial charge in [0.1, 0.15) is 0 Å². The minimum atomic E-state index is -0.920. The predicted molar refractivity (Wildman–Crippen MR) is 175 cm³/mol. The normalized spacial score (nSPS) is 14.7. The van der Waals surface area contributed by atoms with Crippen molar-refractivity contribution < 1.29 is 18.8 Å². The van der Waals surface area contributed by atoms with Crippen LogP contribution in [0.25, 0.3) is 5.57 Å². The van der Waals surface area contributed by atoms with E-state index in [2.05, 4.69) is 111 Å². The van der Waals surface area contributed by atoms with Crippen molar-refractivity contribution in [1.29, 1.82) is 0 Å². The lowest BCUT2D eigenvalue weighted by Crippen LogP contribution is -2.31. The third-order valence-electron chi connectivity index (χ3n) is 6.76. The van der Waals surface area contributed by atoms with Crippen LogP contribution in [0.5, 0.6) is 0 Å². The first-order valence-electron chi connectivity index (χ1n) is 14.6. The van der Waals surface area contributed by atoms with Crippen LogP contribution in [0.2, 0.25) is 26.2 Å². The van der Waals surface area contributed by atoms with Gasteiger partial charge in [-0.2, -0.15) is 0 Å². The number of carbonyl (C=O) groups is 1. The zero-order valence-electron chi connectivity index (χ0n) is 26.7. The molecule has 222 valence electrons. The summed E-state index contributed by atoms with van der Waals surface area (Å²) >= 11 is 1.83. The summed E-state index contributed by atoms with van der Waals surface area (Å²) in [4.78, 5) is 13.5. The standard InChI is InChI=1S/C33H52O4SSi2/c1-12-24(14-13-15-29(34)35)28-21-19-25(38-28)18-16-23-17-20-26(30(32(2,3)4)36-39(8)9)27(22-23)31(33(5,6)7)37-40(10)11/h14,17,19-22,30-31H,12-13,15-16,18H2,1-11H3,(H,34,35). The third kappa shape index (κ3) is 10.7. The highest BCUT2D eigenvalue weighted by molar-refractivity contribution is 7.13. The molecule has 2 aromatic rings. The summed E-state index contributed by atoms with van der Waals surface area (Å²) in [6, 6.07) is 11.4. The van der Waals surface area contributed by atoms with Crippen molar-refractivity contribution in [2.75, 3.05) is 0 Å². The van der Waals surface area contributed by atoms with Crippen LogP contribution in [0.1, 0.15) is 106 Å². The number of benzene rings is 1. The Kier molecular flexibility index (Phi) is 13.1. The molecule has 2 atom stereocenters. The first kappa shape index (κ1) is 34.7. The summed E-state index contributed by atoms with van der Waals surface area (Å²) in [6.07, 6.45) is 5.70. The van der Waals surface area contributed by atoms with Crippen molar-refractivity contribution in [2.24, 2.45) is 10.8 Å². The Bertz CT molecular complexity index is 1120. The number of allylic oxidation sites excluding steroid dienone is 2. The van der Waals surface area contributed by atoms with Crippen LogP contribution < -0.4 is 0 Å². The van der Waals surface area contributed by atoms with E-state index in [1.807, 2.05) is 11.3 Å². The summed E-state index contributed by atoms with van der Waals surface area (Å²) < 4.78 is 13.4. The molecule has 4 nitrogen and oxygen atoms in total. The van der Waals surface area contributed by atoms with E-state index in [9.17, 15) is 4.79 Å². The van der Waals surface area contributed by atoms with Crippen molar-refractivity contribution >= 4 is 41.0 Å². The van der Waals surface area contributed by atoms with E-state index >= 15 is 0 Å². The minimum Gasteiger partial charge on any atom is -0.481 e. The molecule has 0 saturated carbocycles. The number of rotatable bonds is 14. The number of carboxylic acids is 1. The Morgan fingerprint density at radius 3 is 1.98 bits per heavy atom. The summed E-state index contributed by atoms with van der Waals surface area (Å²) in [5.74, 6) is -0.746. The largest absolute Gasteiger partial charge is 0.481 e. The van der Waals surface area contributed by atoms with Crippen molar-refractivity contribution in [3.05, 3.63) is 62.9 Å². The second kappa shape index (κ2) is 15.1. The molecule has 0 spiro atoms. The van der Waals surface area contributed by atoms with Crippen LogP contribution in [0.3, 0.4) is 0 Å². The third-order valence-corrected chi connectivity index (χ3v) is 9.40. The summed E-state index contributed by atoms with van der Waals surface area (Å²) in [6.45, 7) is 24.7. The zero-order valence-corrected chi connectivity index (χ0v) is 29.6. The maximum Gasteiger partial charge on any atom is 0.303 e. The summed E-state index contributed by atoms with van der Waals surface area (Å²) in [7, 11) is -1.82. The number of carboxylic acid groups (broad SMARTS) is 1. The highest BCUT2D eigenvalue weighted by atomic mass is 32.1.